The van der Waals surface area contributed by atoms with Gasteiger partial charge >= 0.3 is 0 Å². The maximum atomic E-state index is 12.1. The molecule has 0 unspecified atom stereocenters. The fourth-order valence-corrected chi connectivity index (χ4v) is 2.28. The Bertz CT molecular complexity index is 432. The topological polar surface area (TPSA) is 42.0 Å². The zero-order valence-electron chi connectivity index (χ0n) is 10.4. The summed E-state index contributed by atoms with van der Waals surface area (Å²) in [5, 5.41) is 3.42. The van der Waals surface area contributed by atoms with E-state index in [0.29, 0.717) is 16.6 Å². The smallest absolute Gasteiger partial charge is 0.251 e. The summed E-state index contributed by atoms with van der Waals surface area (Å²) in [4.78, 5) is 16.1. The molecular formula is C13H17ClN2O. The number of hydrogen-bond donors (Lipinski definition) is 1. The van der Waals surface area contributed by atoms with Gasteiger partial charge < -0.3 is 5.32 Å². The third kappa shape index (κ3) is 2.97. The van der Waals surface area contributed by atoms with Crippen LogP contribution in [0.4, 0.5) is 0 Å². The number of amides is 1. The number of rotatable bonds is 3. The van der Waals surface area contributed by atoms with Gasteiger partial charge in [0.2, 0.25) is 0 Å². The van der Waals surface area contributed by atoms with E-state index in [9.17, 15) is 4.79 Å². The van der Waals surface area contributed by atoms with Crippen molar-refractivity contribution in [3.05, 3.63) is 28.5 Å². The lowest BCUT2D eigenvalue weighted by Crippen LogP contribution is -2.45. The minimum Gasteiger partial charge on any atom is -0.347 e. The summed E-state index contributed by atoms with van der Waals surface area (Å²) in [6, 6.07) is 3.36. The molecule has 1 heterocycles. The zero-order valence-corrected chi connectivity index (χ0v) is 11.1. The van der Waals surface area contributed by atoms with Crippen LogP contribution < -0.4 is 5.32 Å². The predicted molar refractivity (Wildman–Crippen MR) is 68.3 cm³/mol. The molecule has 1 aromatic heterocycles. The molecule has 0 aromatic carbocycles. The standard InChI is InChI=1S/C13H17ClN2O/c1-8-6-9(7-11(14)15-8)12(17)16-13(2,3)10-4-5-10/h6-7,10H,4-5H2,1-3H3,(H,16,17). The maximum absolute atomic E-state index is 12.1. The Morgan fingerprint density at radius 1 is 1.47 bits per heavy atom. The highest BCUT2D eigenvalue weighted by Gasteiger charge is 2.38. The molecule has 1 aromatic rings. The predicted octanol–water partition coefficient (Wildman–Crippen LogP) is 2.96. The third-order valence-electron chi connectivity index (χ3n) is 3.22. The molecule has 0 radical (unpaired) electrons. The molecule has 0 aliphatic heterocycles. The van der Waals surface area contributed by atoms with Crippen molar-refractivity contribution in [1.29, 1.82) is 0 Å². The number of hydrogen-bond acceptors (Lipinski definition) is 2. The van der Waals surface area contributed by atoms with Crippen molar-refractivity contribution in [3.63, 3.8) is 0 Å². The van der Waals surface area contributed by atoms with Crippen molar-refractivity contribution in [2.45, 2.75) is 39.2 Å². The molecule has 4 heteroatoms. The molecule has 2 rings (SSSR count). The van der Waals surface area contributed by atoms with Crippen LogP contribution in [-0.2, 0) is 0 Å². The molecule has 17 heavy (non-hydrogen) atoms. The van der Waals surface area contributed by atoms with Gasteiger partial charge in [-0.15, -0.1) is 0 Å². The van der Waals surface area contributed by atoms with Gasteiger partial charge in [-0.3, -0.25) is 4.79 Å². The number of halogens is 1. The molecule has 1 aliphatic rings. The molecule has 0 saturated heterocycles. The van der Waals surface area contributed by atoms with Crippen LogP contribution in [0.5, 0.6) is 0 Å². The largest absolute Gasteiger partial charge is 0.347 e. The quantitative estimate of drug-likeness (QED) is 0.841. The molecule has 0 atom stereocenters. The summed E-state index contributed by atoms with van der Waals surface area (Å²) in [6.07, 6.45) is 2.40. The molecular weight excluding hydrogens is 236 g/mol. The van der Waals surface area contributed by atoms with Crippen molar-refractivity contribution in [2.24, 2.45) is 5.92 Å². The van der Waals surface area contributed by atoms with Crippen molar-refractivity contribution < 1.29 is 4.79 Å². The van der Waals surface area contributed by atoms with Crippen LogP contribution in [0.3, 0.4) is 0 Å². The Morgan fingerprint density at radius 3 is 2.65 bits per heavy atom. The van der Waals surface area contributed by atoms with Crippen LogP contribution in [0, 0.1) is 12.8 Å². The number of nitrogens with zero attached hydrogens (tertiary/aromatic N) is 1. The Hall–Kier alpha value is -1.09. The second-order valence-corrected chi connectivity index (χ2v) is 5.66. The number of aromatic nitrogens is 1. The Labute approximate surface area is 107 Å². The molecule has 1 aliphatic carbocycles. The number of aryl methyl sites for hydroxylation is 1. The van der Waals surface area contributed by atoms with Gasteiger partial charge in [0.1, 0.15) is 5.15 Å². The van der Waals surface area contributed by atoms with Gasteiger partial charge in [-0.1, -0.05) is 11.6 Å². The summed E-state index contributed by atoms with van der Waals surface area (Å²) in [6.45, 7) is 5.96. The van der Waals surface area contributed by atoms with E-state index in [2.05, 4.69) is 24.1 Å². The molecule has 1 amide bonds. The second-order valence-electron chi connectivity index (χ2n) is 5.27. The molecule has 1 N–H and O–H groups in total. The first kappa shape index (κ1) is 12.4. The van der Waals surface area contributed by atoms with Crippen molar-refractivity contribution in [1.82, 2.24) is 10.3 Å². The van der Waals surface area contributed by atoms with Crippen LogP contribution in [0.1, 0.15) is 42.7 Å². The van der Waals surface area contributed by atoms with Crippen LogP contribution in [0.2, 0.25) is 5.15 Å². The highest BCUT2D eigenvalue weighted by Crippen LogP contribution is 2.39. The third-order valence-corrected chi connectivity index (χ3v) is 3.41. The van der Waals surface area contributed by atoms with E-state index in [4.69, 9.17) is 11.6 Å². The van der Waals surface area contributed by atoms with E-state index in [1.54, 1.807) is 12.1 Å². The molecule has 92 valence electrons. The summed E-state index contributed by atoms with van der Waals surface area (Å²) >= 11 is 5.85. The van der Waals surface area contributed by atoms with Crippen LogP contribution in [0.15, 0.2) is 12.1 Å². The lowest BCUT2D eigenvalue weighted by molar-refractivity contribution is 0.0903. The maximum Gasteiger partial charge on any atom is 0.251 e. The van der Waals surface area contributed by atoms with Gasteiger partial charge in [0.25, 0.3) is 5.91 Å². The second kappa shape index (κ2) is 4.30. The summed E-state index contributed by atoms with van der Waals surface area (Å²) < 4.78 is 0. The summed E-state index contributed by atoms with van der Waals surface area (Å²) in [7, 11) is 0. The normalized spacial score (nSPS) is 15.8. The highest BCUT2D eigenvalue weighted by atomic mass is 35.5. The minimum absolute atomic E-state index is 0.0747. The Morgan fingerprint density at radius 2 is 2.12 bits per heavy atom. The number of nitrogens with one attached hydrogen (secondary N) is 1. The SMILES string of the molecule is Cc1cc(C(=O)NC(C)(C)C2CC2)cc(Cl)n1. The average Bonchev–Trinajstić information content (AvgIpc) is 2.98. The lowest BCUT2D eigenvalue weighted by Gasteiger charge is -2.26. The van der Waals surface area contributed by atoms with E-state index in [1.807, 2.05) is 6.92 Å². The monoisotopic (exact) mass is 252 g/mol. The average molecular weight is 253 g/mol. The van der Waals surface area contributed by atoms with Crippen molar-refractivity contribution >= 4 is 17.5 Å². The molecule has 3 nitrogen and oxygen atoms in total. The van der Waals surface area contributed by atoms with Crippen molar-refractivity contribution in [3.8, 4) is 0 Å². The molecule has 1 saturated carbocycles. The first-order chi connectivity index (χ1) is 7.88. The van der Waals surface area contributed by atoms with Gasteiger partial charge in [0.15, 0.2) is 0 Å². The van der Waals surface area contributed by atoms with Gasteiger partial charge in [-0.25, -0.2) is 4.98 Å². The lowest BCUT2D eigenvalue weighted by atomic mass is 9.98. The zero-order chi connectivity index (χ0) is 12.6. The van der Waals surface area contributed by atoms with Gasteiger partial charge in [0, 0.05) is 16.8 Å². The first-order valence-electron chi connectivity index (χ1n) is 5.85. The number of carbonyl (C=O) groups excluding carboxylic acids is 1. The Balaban J connectivity index is 2.14. The van der Waals surface area contributed by atoms with Crippen LogP contribution in [0.25, 0.3) is 0 Å². The van der Waals surface area contributed by atoms with Gasteiger partial charge in [-0.2, -0.15) is 0 Å². The number of pyridine rings is 1. The summed E-state index contributed by atoms with van der Waals surface area (Å²) in [5.74, 6) is 0.527. The minimum atomic E-state index is -0.138. The summed E-state index contributed by atoms with van der Waals surface area (Å²) in [5.41, 5.74) is 1.20. The molecule has 0 spiro atoms. The first-order valence-corrected chi connectivity index (χ1v) is 6.23. The molecule has 0 bridgehead atoms. The van der Waals surface area contributed by atoms with Crippen molar-refractivity contribution in [2.75, 3.05) is 0 Å². The van der Waals surface area contributed by atoms with Gasteiger partial charge in [-0.05, 0) is 51.7 Å². The van der Waals surface area contributed by atoms with Crippen LogP contribution in [-0.4, -0.2) is 16.4 Å². The highest BCUT2D eigenvalue weighted by molar-refractivity contribution is 6.29. The molecule has 1 fully saturated rings. The fourth-order valence-electron chi connectivity index (χ4n) is 2.03. The Kier molecular flexibility index (Phi) is 3.13. The fraction of sp³-hybridized carbons (Fsp3) is 0.538. The van der Waals surface area contributed by atoms with Crippen LogP contribution >= 0.6 is 11.6 Å². The van der Waals surface area contributed by atoms with Gasteiger partial charge in [0.05, 0.1) is 0 Å². The van der Waals surface area contributed by atoms with E-state index in [-0.39, 0.29) is 11.4 Å². The van der Waals surface area contributed by atoms with E-state index < -0.39 is 0 Å². The van der Waals surface area contributed by atoms with E-state index in [0.717, 1.165) is 5.69 Å². The van der Waals surface area contributed by atoms with E-state index >= 15 is 0 Å². The number of carbonyl (C=O) groups is 1. The van der Waals surface area contributed by atoms with E-state index in [1.165, 1.54) is 12.8 Å².